The number of halogens is 3. The van der Waals surface area contributed by atoms with Crippen LogP contribution in [0.15, 0.2) is 60.9 Å². The molecule has 3 N–H and O–H groups in total. The van der Waals surface area contributed by atoms with Crippen LogP contribution >= 0.6 is 0 Å². The van der Waals surface area contributed by atoms with Crippen LogP contribution in [-0.2, 0) is 16.0 Å². The van der Waals surface area contributed by atoms with Gasteiger partial charge in [-0.3, -0.25) is 14.6 Å². The van der Waals surface area contributed by atoms with Crippen molar-refractivity contribution in [1.29, 1.82) is 0 Å². The number of aromatic nitrogens is 4. The van der Waals surface area contributed by atoms with Crippen molar-refractivity contribution in [3.8, 4) is 11.6 Å². The van der Waals surface area contributed by atoms with E-state index in [0.29, 0.717) is 55.1 Å². The summed E-state index contributed by atoms with van der Waals surface area (Å²) in [5.41, 5.74) is 3.12. The molecule has 13 nitrogen and oxygen atoms in total. The molecule has 2 fully saturated rings. The second-order valence-electron chi connectivity index (χ2n) is 11.6. The predicted molar refractivity (Wildman–Crippen MR) is 177 cm³/mol. The average molecular weight is 682 g/mol. The maximum Gasteiger partial charge on any atom is 0.573 e. The van der Waals surface area contributed by atoms with Gasteiger partial charge in [-0.25, -0.2) is 9.97 Å². The number of carbonyl (C=O) groups is 1. The van der Waals surface area contributed by atoms with Gasteiger partial charge in [0.25, 0.3) is 5.91 Å². The largest absolute Gasteiger partial charge is 0.573 e. The van der Waals surface area contributed by atoms with Crippen LogP contribution in [0.1, 0.15) is 21.6 Å². The molecule has 0 bridgehead atoms. The van der Waals surface area contributed by atoms with Gasteiger partial charge in [0.1, 0.15) is 23.7 Å². The SMILES string of the molecule is Cc1ccc(NC(=O)c2ccc(OC(F)(F)F)cc2)cc1Nc1cc(CN2CCOCC2)nn1-c1cc(NCCN2CCOCC2)ncn1. The summed E-state index contributed by atoms with van der Waals surface area (Å²) in [4.78, 5) is 26.5. The molecular weight excluding hydrogens is 643 g/mol. The highest BCUT2D eigenvalue weighted by atomic mass is 19.4. The quantitative estimate of drug-likeness (QED) is 0.196. The van der Waals surface area contributed by atoms with E-state index in [4.69, 9.17) is 14.6 Å². The van der Waals surface area contributed by atoms with Crippen molar-refractivity contribution in [2.24, 2.45) is 0 Å². The molecule has 4 heterocycles. The fourth-order valence-electron chi connectivity index (χ4n) is 5.47. The normalized spacial score (nSPS) is 15.9. The molecule has 1 amide bonds. The Hall–Kier alpha value is -4.77. The first kappa shape index (κ1) is 34.1. The Labute approximate surface area is 281 Å². The van der Waals surface area contributed by atoms with Crippen molar-refractivity contribution in [1.82, 2.24) is 29.5 Å². The minimum Gasteiger partial charge on any atom is -0.406 e. The first-order valence-corrected chi connectivity index (χ1v) is 16.0. The highest BCUT2D eigenvalue weighted by Gasteiger charge is 2.31. The van der Waals surface area contributed by atoms with Crippen LogP contribution in [0, 0.1) is 6.92 Å². The third-order valence-electron chi connectivity index (χ3n) is 8.07. The number of amides is 1. The average Bonchev–Trinajstić information content (AvgIpc) is 3.48. The molecule has 260 valence electrons. The summed E-state index contributed by atoms with van der Waals surface area (Å²) in [6.07, 6.45) is -3.31. The lowest BCUT2D eigenvalue weighted by Crippen LogP contribution is -2.39. The molecule has 2 aliphatic rings. The lowest BCUT2D eigenvalue weighted by Gasteiger charge is -2.26. The molecule has 0 spiro atoms. The summed E-state index contributed by atoms with van der Waals surface area (Å²) in [6, 6.07) is 13.9. The Morgan fingerprint density at radius 3 is 2.35 bits per heavy atom. The van der Waals surface area contributed by atoms with Crippen molar-refractivity contribution in [2.45, 2.75) is 19.8 Å². The van der Waals surface area contributed by atoms with E-state index in [1.165, 1.54) is 18.5 Å². The highest BCUT2D eigenvalue weighted by Crippen LogP contribution is 2.28. The van der Waals surface area contributed by atoms with Crippen molar-refractivity contribution in [3.63, 3.8) is 0 Å². The van der Waals surface area contributed by atoms with E-state index in [1.54, 1.807) is 16.8 Å². The van der Waals surface area contributed by atoms with Gasteiger partial charge in [0.15, 0.2) is 5.82 Å². The van der Waals surface area contributed by atoms with Gasteiger partial charge < -0.3 is 30.2 Å². The summed E-state index contributed by atoms with van der Waals surface area (Å²) >= 11 is 0. The van der Waals surface area contributed by atoms with Crippen LogP contribution in [0.3, 0.4) is 0 Å². The Morgan fingerprint density at radius 2 is 1.63 bits per heavy atom. The zero-order chi connectivity index (χ0) is 34.2. The molecule has 6 rings (SSSR count). The fraction of sp³-hybridized carbons (Fsp3) is 0.394. The summed E-state index contributed by atoms with van der Waals surface area (Å²) in [7, 11) is 0. The Balaban J connectivity index is 1.19. The van der Waals surface area contributed by atoms with E-state index in [1.807, 2.05) is 25.1 Å². The van der Waals surface area contributed by atoms with Crippen LogP contribution in [0.25, 0.3) is 5.82 Å². The van der Waals surface area contributed by atoms with Crippen LogP contribution < -0.4 is 20.7 Å². The summed E-state index contributed by atoms with van der Waals surface area (Å²) < 4.78 is 54.2. The fourth-order valence-corrected chi connectivity index (χ4v) is 5.47. The number of hydrogen-bond acceptors (Lipinski definition) is 11. The second-order valence-corrected chi connectivity index (χ2v) is 11.6. The van der Waals surface area contributed by atoms with Crippen molar-refractivity contribution >= 4 is 28.9 Å². The minimum atomic E-state index is -4.82. The molecule has 0 saturated carbocycles. The smallest absolute Gasteiger partial charge is 0.406 e. The third-order valence-corrected chi connectivity index (χ3v) is 8.07. The zero-order valence-electron chi connectivity index (χ0n) is 27.0. The second kappa shape index (κ2) is 15.6. The van der Waals surface area contributed by atoms with Gasteiger partial charge in [0, 0.05) is 74.9 Å². The number of rotatable bonds is 12. The summed E-state index contributed by atoms with van der Waals surface area (Å²) in [6.45, 7) is 10.4. The number of morpholine rings is 2. The molecule has 2 aromatic carbocycles. The number of nitrogens with one attached hydrogen (secondary N) is 3. The molecule has 0 unspecified atom stereocenters. The van der Waals surface area contributed by atoms with Crippen molar-refractivity contribution in [3.05, 3.63) is 77.7 Å². The molecule has 4 aromatic rings. The van der Waals surface area contributed by atoms with Crippen LogP contribution in [0.5, 0.6) is 5.75 Å². The topological polar surface area (TPSA) is 131 Å². The van der Waals surface area contributed by atoms with Gasteiger partial charge in [-0.15, -0.1) is 13.2 Å². The molecule has 0 atom stereocenters. The number of nitrogens with zero attached hydrogens (tertiary/aromatic N) is 6. The van der Waals surface area contributed by atoms with Gasteiger partial charge in [-0.2, -0.15) is 9.78 Å². The molecule has 16 heteroatoms. The highest BCUT2D eigenvalue weighted by molar-refractivity contribution is 6.04. The molecule has 2 aliphatic heterocycles. The monoisotopic (exact) mass is 681 g/mol. The molecule has 0 aliphatic carbocycles. The number of ether oxygens (including phenoxy) is 3. The minimum absolute atomic E-state index is 0.175. The number of anilines is 4. The number of benzene rings is 2. The molecule has 49 heavy (non-hydrogen) atoms. The van der Waals surface area contributed by atoms with Gasteiger partial charge in [-0.1, -0.05) is 6.07 Å². The molecule has 2 saturated heterocycles. The zero-order valence-corrected chi connectivity index (χ0v) is 27.0. The van der Waals surface area contributed by atoms with Gasteiger partial charge in [-0.05, 0) is 48.9 Å². The number of alkyl halides is 3. The number of carbonyl (C=O) groups excluding carboxylic acids is 1. The third kappa shape index (κ3) is 9.66. The van der Waals surface area contributed by atoms with Gasteiger partial charge in [0.05, 0.1) is 32.1 Å². The van der Waals surface area contributed by atoms with Gasteiger partial charge >= 0.3 is 6.36 Å². The first-order chi connectivity index (χ1) is 23.7. The summed E-state index contributed by atoms with van der Waals surface area (Å²) in [5, 5.41) is 14.6. The van der Waals surface area contributed by atoms with E-state index in [2.05, 4.69) is 40.5 Å². The van der Waals surface area contributed by atoms with E-state index < -0.39 is 18.0 Å². The predicted octanol–water partition coefficient (Wildman–Crippen LogP) is 4.44. The maximum atomic E-state index is 12.9. The first-order valence-electron chi connectivity index (χ1n) is 16.0. The van der Waals surface area contributed by atoms with E-state index in [-0.39, 0.29) is 5.56 Å². The van der Waals surface area contributed by atoms with E-state index in [0.717, 1.165) is 69.3 Å². The van der Waals surface area contributed by atoms with E-state index in [9.17, 15) is 18.0 Å². The number of aryl methyl sites for hydroxylation is 1. The Bertz CT molecular complexity index is 1710. The molecular formula is C33H38F3N9O4. The Morgan fingerprint density at radius 1 is 0.918 bits per heavy atom. The van der Waals surface area contributed by atoms with Crippen LogP contribution in [0.4, 0.5) is 36.2 Å². The van der Waals surface area contributed by atoms with Crippen molar-refractivity contribution in [2.75, 3.05) is 81.6 Å². The Kier molecular flexibility index (Phi) is 10.9. The van der Waals surface area contributed by atoms with Crippen LogP contribution in [-0.4, -0.2) is 108 Å². The lowest BCUT2D eigenvalue weighted by molar-refractivity contribution is -0.274. The summed E-state index contributed by atoms with van der Waals surface area (Å²) in [5.74, 6) is 1.01. The van der Waals surface area contributed by atoms with E-state index >= 15 is 0 Å². The lowest BCUT2D eigenvalue weighted by atomic mass is 10.1. The van der Waals surface area contributed by atoms with Crippen molar-refractivity contribution < 1.29 is 32.2 Å². The maximum absolute atomic E-state index is 12.9. The number of hydrogen-bond donors (Lipinski definition) is 3. The molecule has 2 aromatic heterocycles. The van der Waals surface area contributed by atoms with Gasteiger partial charge in [0.2, 0.25) is 0 Å². The molecule has 0 radical (unpaired) electrons. The standard InChI is InChI=1S/C33H38F3N9O4/c1-23-2-5-25(40-32(46)24-3-6-27(7-4-24)49-33(34,35)36)18-28(23)41-31-19-26(21-44-12-16-48-17-13-44)42-45(31)30-20-29(38-22-39-30)37-8-9-43-10-14-47-15-11-43/h2-7,18-20,22,41H,8-17,21H2,1H3,(H,40,46)(H,37,38,39). The van der Waals surface area contributed by atoms with Crippen LogP contribution in [0.2, 0.25) is 0 Å².